The standard InChI is InChI=1S/C14H21FO5S/c1-18-14(17)10-7-12(16)11(15)8-13(10)20-9-19-5-6-21(2,3)4/h7-8,16H,5-6,9H2,1-4H3. The number of carbonyl (C=O) groups is 1. The second-order valence-electron chi connectivity index (χ2n) is 5.26. The minimum Gasteiger partial charge on any atom is -0.505 e. The number of phenolic OH excluding ortho intramolecular Hbond substituents is 1. The SMILES string of the molecule is COC(=O)c1cc(O)c(F)cc1OCOCCS(C)(C)C. The fourth-order valence-electron chi connectivity index (χ4n) is 1.41. The van der Waals surface area contributed by atoms with E-state index in [9.17, 15) is 14.3 Å². The van der Waals surface area contributed by atoms with E-state index in [1.54, 1.807) is 0 Å². The summed E-state index contributed by atoms with van der Waals surface area (Å²) < 4.78 is 28.5. The van der Waals surface area contributed by atoms with Gasteiger partial charge < -0.3 is 19.3 Å². The van der Waals surface area contributed by atoms with Crippen molar-refractivity contribution in [3.8, 4) is 11.5 Å². The van der Waals surface area contributed by atoms with Crippen LogP contribution in [0.15, 0.2) is 12.1 Å². The molecule has 0 saturated heterocycles. The number of hydrogen-bond donors (Lipinski definition) is 1. The van der Waals surface area contributed by atoms with E-state index in [1.165, 1.54) is 7.11 Å². The molecule has 0 atom stereocenters. The van der Waals surface area contributed by atoms with Crippen molar-refractivity contribution in [1.29, 1.82) is 0 Å². The summed E-state index contributed by atoms with van der Waals surface area (Å²) in [5.41, 5.74) is -0.0542. The van der Waals surface area contributed by atoms with Crippen molar-refractivity contribution in [2.75, 3.05) is 45.0 Å². The molecule has 1 aromatic carbocycles. The van der Waals surface area contributed by atoms with E-state index in [-0.39, 0.29) is 18.1 Å². The number of aromatic hydroxyl groups is 1. The predicted octanol–water partition coefficient (Wildman–Crippen LogP) is 2.36. The van der Waals surface area contributed by atoms with Crippen LogP contribution in [0.3, 0.4) is 0 Å². The van der Waals surface area contributed by atoms with Gasteiger partial charge in [0.05, 0.1) is 13.7 Å². The van der Waals surface area contributed by atoms with Gasteiger partial charge >= 0.3 is 5.97 Å². The summed E-state index contributed by atoms with van der Waals surface area (Å²) in [6.45, 7) is 0.413. The van der Waals surface area contributed by atoms with E-state index in [0.29, 0.717) is 6.61 Å². The molecular formula is C14H21FO5S. The summed E-state index contributed by atoms with van der Waals surface area (Å²) >= 11 is 0. The highest BCUT2D eigenvalue weighted by Crippen LogP contribution is 2.33. The van der Waals surface area contributed by atoms with E-state index in [4.69, 9.17) is 9.47 Å². The molecule has 21 heavy (non-hydrogen) atoms. The van der Waals surface area contributed by atoms with Crippen LogP contribution in [0.5, 0.6) is 11.5 Å². The molecule has 1 aromatic rings. The van der Waals surface area contributed by atoms with Crippen LogP contribution >= 0.6 is 10.0 Å². The van der Waals surface area contributed by atoms with Crippen LogP contribution < -0.4 is 4.74 Å². The van der Waals surface area contributed by atoms with E-state index in [0.717, 1.165) is 17.9 Å². The van der Waals surface area contributed by atoms with Crippen LogP contribution in [-0.2, 0) is 9.47 Å². The Labute approximate surface area is 125 Å². The lowest BCUT2D eigenvalue weighted by atomic mass is 10.2. The minimum atomic E-state index is -0.878. The first-order chi connectivity index (χ1) is 9.74. The number of rotatable bonds is 7. The molecule has 120 valence electrons. The van der Waals surface area contributed by atoms with Crippen molar-refractivity contribution in [2.24, 2.45) is 0 Å². The maximum atomic E-state index is 13.3. The zero-order chi connectivity index (χ0) is 16.0. The highest BCUT2D eigenvalue weighted by atomic mass is 32.3. The van der Waals surface area contributed by atoms with Gasteiger partial charge in [-0.15, -0.1) is 0 Å². The molecule has 0 amide bonds. The van der Waals surface area contributed by atoms with Crippen LogP contribution in [0.25, 0.3) is 0 Å². The molecule has 7 heteroatoms. The van der Waals surface area contributed by atoms with Crippen molar-refractivity contribution in [3.63, 3.8) is 0 Å². The quantitative estimate of drug-likeness (QED) is 0.475. The highest BCUT2D eigenvalue weighted by molar-refractivity contribution is 8.32. The number of ether oxygens (including phenoxy) is 3. The van der Waals surface area contributed by atoms with Gasteiger partial charge in [-0.25, -0.2) is 19.2 Å². The van der Waals surface area contributed by atoms with Gasteiger partial charge in [-0.2, -0.15) is 0 Å². The number of phenols is 1. The Balaban J connectivity index is 2.65. The normalized spacial score (nSPS) is 12.0. The molecule has 0 aliphatic heterocycles. The molecule has 0 aliphatic rings. The molecule has 0 fully saturated rings. The van der Waals surface area contributed by atoms with E-state index in [2.05, 4.69) is 23.5 Å². The van der Waals surface area contributed by atoms with Gasteiger partial charge in [-0.05, 0) is 18.8 Å². The number of halogens is 1. The third-order valence-electron chi connectivity index (χ3n) is 2.59. The summed E-state index contributed by atoms with van der Waals surface area (Å²) in [4.78, 5) is 11.5. The van der Waals surface area contributed by atoms with Crippen LogP contribution in [0.2, 0.25) is 0 Å². The minimum absolute atomic E-state index is 0.0275. The number of carbonyl (C=O) groups excluding carboxylic acids is 1. The van der Waals surface area contributed by atoms with E-state index >= 15 is 0 Å². The van der Waals surface area contributed by atoms with Crippen LogP contribution in [0.4, 0.5) is 4.39 Å². The van der Waals surface area contributed by atoms with Gasteiger partial charge in [-0.1, -0.05) is 0 Å². The second-order valence-corrected chi connectivity index (χ2v) is 9.85. The Morgan fingerprint density at radius 1 is 1.33 bits per heavy atom. The topological polar surface area (TPSA) is 65.0 Å². The first-order valence-corrected chi connectivity index (χ1v) is 9.24. The second kappa shape index (κ2) is 7.51. The predicted molar refractivity (Wildman–Crippen MR) is 81.1 cm³/mol. The van der Waals surface area contributed by atoms with Gasteiger partial charge in [0.25, 0.3) is 0 Å². The summed E-state index contributed by atoms with van der Waals surface area (Å²) in [7, 11) is 0.535. The molecule has 0 bridgehead atoms. The van der Waals surface area contributed by atoms with Gasteiger partial charge in [0.2, 0.25) is 0 Å². The maximum absolute atomic E-state index is 13.3. The first-order valence-electron chi connectivity index (χ1n) is 6.22. The zero-order valence-electron chi connectivity index (χ0n) is 12.6. The van der Waals surface area contributed by atoms with Gasteiger partial charge in [0, 0.05) is 17.9 Å². The summed E-state index contributed by atoms with van der Waals surface area (Å²) in [6, 6.07) is 1.90. The molecule has 1 N–H and O–H groups in total. The van der Waals surface area contributed by atoms with Gasteiger partial charge in [0.1, 0.15) is 11.3 Å². The smallest absolute Gasteiger partial charge is 0.341 e. The molecule has 5 nitrogen and oxygen atoms in total. The lowest BCUT2D eigenvalue weighted by Crippen LogP contribution is -2.12. The highest BCUT2D eigenvalue weighted by Gasteiger charge is 2.17. The number of esters is 1. The van der Waals surface area contributed by atoms with Crippen molar-refractivity contribution in [2.45, 2.75) is 0 Å². The first kappa shape index (κ1) is 17.6. The van der Waals surface area contributed by atoms with Crippen LogP contribution in [0.1, 0.15) is 10.4 Å². The number of hydrogen-bond acceptors (Lipinski definition) is 5. The Morgan fingerprint density at radius 3 is 2.57 bits per heavy atom. The maximum Gasteiger partial charge on any atom is 0.341 e. The van der Waals surface area contributed by atoms with Crippen LogP contribution in [0, 0.1) is 5.82 Å². The van der Waals surface area contributed by atoms with Gasteiger partial charge in [-0.3, -0.25) is 0 Å². The molecule has 1 rings (SSSR count). The third kappa shape index (κ3) is 5.81. The Morgan fingerprint density at radius 2 is 2.00 bits per heavy atom. The summed E-state index contributed by atoms with van der Waals surface area (Å²) in [5, 5.41) is 9.30. The molecule has 0 aliphatic carbocycles. The van der Waals surface area contributed by atoms with Gasteiger partial charge in [0.15, 0.2) is 18.4 Å². The summed E-state index contributed by atoms with van der Waals surface area (Å²) in [6.07, 6.45) is 6.51. The molecule has 0 aromatic heterocycles. The molecule has 0 radical (unpaired) electrons. The lowest BCUT2D eigenvalue weighted by Gasteiger charge is -2.24. The molecule has 0 unspecified atom stereocenters. The molecule has 0 saturated carbocycles. The molecular weight excluding hydrogens is 299 g/mol. The number of methoxy groups -OCH3 is 1. The average molecular weight is 320 g/mol. The monoisotopic (exact) mass is 320 g/mol. The summed E-state index contributed by atoms with van der Waals surface area (Å²) in [5.74, 6) is -1.35. The van der Waals surface area contributed by atoms with Crippen molar-refractivity contribution in [3.05, 3.63) is 23.5 Å². The van der Waals surface area contributed by atoms with E-state index in [1.807, 2.05) is 0 Å². The van der Waals surface area contributed by atoms with Crippen molar-refractivity contribution < 1.29 is 28.5 Å². The molecule has 0 heterocycles. The average Bonchev–Trinajstić information content (AvgIpc) is 2.39. The number of benzene rings is 1. The van der Waals surface area contributed by atoms with E-state index < -0.39 is 27.6 Å². The fourth-order valence-corrected chi connectivity index (χ4v) is 2.02. The van der Waals surface area contributed by atoms with Crippen LogP contribution in [-0.4, -0.2) is 56.1 Å². The Hall–Kier alpha value is -1.47. The third-order valence-corrected chi connectivity index (χ3v) is 3.98. The fraction of sp³-hybridized carbons (Fsp3) is 0.500. The lowest BCUT2D eigenvalue weighted by molar-refractivity contribution is 0.0220. The van der Waals surface area contributed by atoms with Crippen molar-refractivity contribution >= 4 is 16.0 Å². The Bertz CT molecular complexity index is 499. The Kier molecular flexibility index (Phi) is 6.29. The molecule has 0 spiro atoms. The van der Waals surface area contributed by atoms with Crippen molar-refractivity contribution in [1.82, 2.24) is 0 Å². The zero-order valence-corrected chi connectivity index (χ0v) is 13.5. The largest absolute Gasteiger partial charge is 0.505 e.